The molecule has 0 aliphatic heterocycles. The Balaban J connectivity index is 2.11. The van der Waals surface area contributed by atoms with Crippen molar-refractivity contribution in [2.45, 2.75) is 45.1 Å². The van der Waals surface area contributed by atoms with Gasteiger partial charge in [-0.25, -0.2) is 0 Å². The SMILES string of the molecule is C=C(C)CCC(NC)c1ccc2c(c1)CCC2. The molecule has 1 atom stereocenters. The largest absolute Gasteiger partial charge is 0.313 e. The van der Waals surface area contributed by atoms with E-state index in [1.165, 1.54) is 30.4 Å². The van der Waals surface area contributed by atoms with Crippen molar-refractivity contribution >= 4 is 0 Å². The van der Waals surface area contributed by atoms with E-state index in [-0.39, 0.29) is 0 Å². The predicted octanol–water partition coefficient (Wildman–Crippen LogP) is 3.79. The molecule has 0 spiro atoms. The number of allylic oxidation sites excluding steroid dienone is 1. The molecule has 17 heavy (non-hydrogen) atoms. The van der Waals surface area contributed by atoms with Crippen LogP contribution < -0.4 is 5.32 Å². The van der Waals surface area contributed by atoms with Gasteiger partial charge >= 0.3 is 0 Å². The summed E-state index contributed by atoms with van der Waals surface area (Å²) in [6.45, 7) is 6.09. The molecule has 1 unspecified atom stereocenters. The van der Waals surface area contributed by atoms with Crippen molar-refractivity contribution in [3.8, 4) is 0 Å². The minimum absolute atomic E-state index is 0.470. The van der Waals surface area contributed by atoms with Crippen molar-refractivity contribution in [2.75, 3.05) is 7.05 Å². The fraction of sp³-hybridized carbons (Fsp3) is 0.500. The van der Waals surface area contributed by atoms with Crippen LogP contribution in [0.15, 0.2) is 30.4 Å². The summed E-state index contributed by atoms with van der Waals surface area (Å²) in [4.78, 5) is 0. The van der Waals surface area contributed by atoms with Gasteiger partial charge < -0.3 is 5.32 Å². The number of nitrogens with one attached hydrogen (secondary N) is 1. The highest BCUT2D eigenvalue weighted by molar-refractivity contribution is 5.36. The van der Waals surface area contributed by atoms with E-state index in [0.717, 1.165) is 12.8 Å². The molecule has 0 saturated carbocycles. The standard InChI is InChI=1S/C16H23N/c1-12(2)7-10-16(17-3)15-9-8-13-5-4-6-14(13)11-15/h8-9,11,16-17H,1,4-7,10H2,2-3H3. The molecular formula is C16H23N. The molecule has 1 heteroatoms. The first-order valence-electron chi connectivity index (χ1n) is 6.64. The third-order valence-electron chi connectivity index (χ3n) is 3.73. The Morgan fingerprint density at radius 1 is 1.35 bits per heavy atom. The summed E-state index contributed by atoms with van der Waals surface area (Å²) >= 11 is 0. The molecule has 1 aliphatic rings. The third-order valence-corrected chi connectivity index (χ3v) is 3.73. The van der Waals surface area contributed by atoms with Crippen LogP contribution in [0.25, 0.3) is 0 Å². The zero-order valence-corrected chi connectivity index (χ0v) is 11.1. The van der Waals surface area contributed by atoms with Crippen molar-refractivity contribution < 1.29 is 0 Å². The molecule has 1 aliphatic carbocycles. The molecule has 1 nitrogen and oxygen atoms in total. The van der Waals surface area contributed by atoms with Crippen LogP contribution in [0.4, 0.5) is 0 Å². The Morgan fingerprint density at radius 3 is 2.82 bits per heavy atom. The van der Waals surface area contributed by atoms with Crippen LogP contribution in [-0.4, -0.2) is 7.05 Å². The van der Waals surface area contributed by atoms with Crippen LogP contribution in [0.1, 0.15) is 48.9 Å². The molecule has 0 saturated heterocycles. The summed E-state index contributed by atoms with van der Waals surface area (Å²) < 4.78 is 0. The van der Waals surface area contributed by atoms with Crippen molar-refractivity contribution in [1.82, 2.24) is 5.32 Å². The fourth-order valence-corrected chi connectivity index (χ4v) is 2.68. The summed E-state index contributed by atoms with van der Waals surface area (Å²) in [6.07, 6.45) is 6.10. The molecule has 0 fully saturated rings. The summed E-state index contributed by atoms with van der Waals surface area (Å²) in [5, 5.41) is 3.42. The van der Waals surface area contributed by atoms with Crippen LogP contribution in [0.2, 0.25) is 0 Å². The van der Waals surface area contributed by atoms with E-state index in [1.54, 1.807) is 11.1 Å². The number of rotatable bonds is 5. The van der Waals surface area contributed by atoms with Gasteiger partial charge in [-0.3, -0.25) is 0 Å². The van der Waals surface area contributed by atoms with E-state index in [4.69, 9.17) is 0 Å². The Bertz CT molecular complexity index is 406. The van der Waals surface area contributed by atoms with Gasteiger partial charge in [-0.2, -0.15) is 0 Å². The van der Waals surface area contributed by atoms with Gasteiger partial charge in [0, 0.05) is 6.04 Å². The van der Waals surface area contributed by atoms with Gasteiger partial charge in [-0.1, -0.05) is 23.8 Å². The van der Waals surface area contributed by atoms with Crippen molar-refractivity contribution in [2.24, 2.45) is 0 Å². The number of hydrogen-bond donors (Lipinski definition) is 1. The van der Waals surface area contributed by atoms with Gasteiger partial charge in [0.05, 0.1) is 0 Å². The lowest BCUT2D eigenvalue weighted by Gasteiger charge is -2.17. The summed E-state index contributed by atoms with van der Waals surface area (Å²) in [5.74, 6) is 0. The lowest BCUT2D eigenvalue weighted by Crippen LogP contribution is -2.16. The normalized spacial score (nSPS) is 15.6. The van der Waals surface area contributed by atoms with Gasteiger partial charge in [0.1, 0.15) is 0 Å². The average molecular weight is 229 g/mol. The highest BCUT2D eigenvalue weighted by atomic mass is 14.9. The first-order chi connectivity index (χ1) is 8.20. The molecular weight excluding hydrogens is 206 g/mol. The van der Waals surface area contributed by atoms with E-state index in [1.807, 2.05) is 0 Å². The average Bonchev–Trinajstić information content (AvgIpc) is 2.76. The summed E-state index contributed by atoms with van der Waals surface area (Å²) in [6, 6.07) is 7.49. The van der Waals surface area contributed by atoms with Gasteiger partial charge in [0.25, 0.3) is 0 Å². The Kier molecular flexibility index (Phi) is 4.01. The molecule has 1 aromatic carbocycles. The lowest BCUT2D eigenvalue weighted by atomic mass is 9.97. The van der Waals surface area contributed by atoms with Crippen LogP contribution in [0.5, 0.6) is 0 Å². The van der Waals surface area contributed by atoms with E-state index >= 15 is 0 Å². The third kappa shape index (κ3) is 2.98. The molecule has 0 bridgehead atoms. The van der Waals surface area contributed by atoms with Gasteiger partial charge in [0.2, 0.25) is 0 Å². The minimum atomic E-state index is 0.470. The van der Waals surface area contributed by atoms with Crippen molar-refractivity contribution in [3.05, 3.63) is 47.0 Å². The first-order valence-corrected chi connectivity index (χ1v) is 6.64. The molecule has 2 rings (SSSR count). The maximum absolute atomic E-state index is 3.99. The maximum Gasteiger partial charge on any atom is 0.0320 e. The monoisotopic (exact) mass is 229 g/mol. The topological polar surface area (TPSA) is 12.0 Å². The van der Waals surface area contributed by atoms with Crippen molar-refractivity contribution in [1.29, 1.82) is 0 Å². The molecule has 0 heterocycles. The Labute approximate surface area is 105 Å². The zero-order valence-electron chi connectivity index (χ0n) is 11.1. The smallest absolute Gasteiger partial charge is 0.0320 e. The maximum atomic E-state index is 3.99. The van der Waals surface area contributed by atoms with Gasteiger partial charge in [-0.05, 0) is 62.8 Å². The van der Waals surface area contributed by atoms with Gasteiger partial charge in [0.15, 0.2) is 0 Å². The zero-order chi connectivity index (χ0) is 12.3. The second-order valence-electron chi connectivity index (χ2n) is 5.22. The lowest BCUT2D eigenvalue weighted by molar-refractivity contribution is 0.548. The van der Waals surface area contributed by atoms with E-state index < -0.39 is 0 Å². The predicted molar refractivity (Wildman–Crippen MR) is 74.3 cm³/mol. The van der Waals surface area contributed by atoms with Crippen molar-refractivity contribution in [3.63, 3.8) is 0 Å². The van der Waals surface area contributed by atoms with Crippen LogP contribution in [0, 0.1) is 0 Å². The Morgan fingerprint density at radius 2 is 2.12 bits per heavy atom. The molecule has 1 aromatic rings. The summed E-state index contributed by atoms with van der Waals surface area (Å²) in [5.41, 5.74) is 5.84. The van der Waals surface area contributed by atoms with Crippen LogP contribution in [-0.2, 0) is 12.8 Å². The molecule has 0 amide bonds. The summed E-state index contributed by atoms with van der Waals surface area (Å²) in [7, 11) is 2.05. The quantitative estimate of drug-likeness (QED) is 0.757. The first kappa shape index (κ1) is 12.4. The Hall–Kier alpha value is -1.08. The highest BCUT2D eigenvalue weighted by Gasteiger charge is 2.14. The molecule has 92 valence electrons. The number of fused-ring (bicyclic) bond motifs is 1. The number of aryl methyl sites for hydroxylation is 2. The van der Waals surface area contributed by atoms with Gasteiger partial charge in [-0.15, -0.1) is 6.58 Å². The fourth-order valence-electron chi connectivity index (χ4n) is 2.68. The van der Waals surface area contributed by atoms with Crippen LogP contribution >= 0.6 is 0 Å². The molecule has 1 N–H and O–H groups in total. The minimum Gasteiger partial charge on any atom is -0.313 e. The van der Waals surface area contributed by atoms with E-state index in [9.17, 15) is 0 Å². The molecule has 0 aromatic heterocycles. The van der Waals surface area contributed by atoms with Crippen LogP contribution in [0.3, 0.4) is 0 Å². The van der Waals surface area contributed by atoms with E-state index in [2.05, 4.69) is 44.1 Å². The van der Waals surface area contributed by atoms with E-state index in [0.29, 0.717) is 6.04 Å². The second-order valence-corrected chi connectivity index (χ2v) is 5.22. The number of benzene rings is 1. The number of hydrogen-bond acceptors (Lipinski definition) is 1. The second kappa shape index (κ2) is 5.50. The molecule has 0 radical (unpaired) electrons. The highest BCUT2D eigenvalue weighted by Crippen LogP contribution is 2.27.